The summed E-state index contributed by atoms with van der Waals surface area (Å²) in [5, 5.41) is 2.46. The first-order valence-electron chi connectivity index (χ1n) is 1.90. The first-order valence-corrected chi connectivity index (χ1v) is 2.30. The van der Waals surface area contributed by atoms with Gasteiger partial charge in [-0.05, 0) is 12.2 Å². The zero-order valence-corrected chi connectivity index (χ0v) is 4.77. The summed E-state index contributed by atoms with van der Waals surface area (Å²) >= 11 is 4.59. The molecule has 0 unspecified atom stereocenters. The molecule has 0 aliphatic rings. The fraction of sp³-hybridized carbons (Fsp3) is 0. The van der Waals surface area contributed by atoms with Crippen molar-refractivity contribution in [3.8, 4) is 0 Å². The Morgan fingerprint density at radius 3 is 2.50 bits per heavy atom. The van der Waals surface area contributed by atoms with Gasteiger partial charge in [0.15, 0.2) is 0 Å². The molecule has 0 saturated heterocycles. The van der Waals surface area contributed by atoms with Crippen molar-refractivity contribution in [3.63, 3.8) is 0 Å². The van der Waals surface area contributed by atoms with Crippen LogP contribution in [0.4, 0.5) is 5.95 Å². The number of hydrogen-bond donors (Lipinski definition) is 3. The highest BCUT2D eigenvalue weighted by atomic mass is 32.1. The van der Waals surface area contributed by atoms with Crippen molar-refractivity contribution >= 4 is 18.2 Å². The lowest BCUT2D eigenvalue weighted by Crippen LogP contribution is -2.09. The number of aromatic nitrogens is 3. The van der Waals surface area contributed by atoms with Crippen LogP contribution >= 0.6 is 12.2 Å². The molecule has 5 nitrogen and oxygen atoms in total. The molecule has 0 amide bonds. The van der Waals surface area contributed by atoms with Crippen LogP contribution in [0.15, 0.2) is 0 Å². The molecular formula is C2H5N5S. The van der Waals surface area contributed by atoms with Gasteiger partial charge in [0, 0.05) is 0 Å². The van der Waals surface area contributed by atoms with Crippen LogP contribution < -0.4 is 11.6 Å². The van der Waals surface area contributed by atoms with Crippen molar-refractivity contribution in [2.45, 2.75) is 0 Å². The van der Waals surface area contributed by atoms with E-state index in [2.05, 4.69) is 22.3 Å². The maximum atomic E-state index is 5.16. The summed E-state index contributed by atoms with van der Waals surface area (Å²) in [6, 6.07) is 0. The van der Waals surface area contributed by atoms with Gasteiger partial charge in [0.2, 0.25) is 10.7 Å². The predicted octanol–water partition coefficient (Wildman–Crippen LogP) is -0.763. The van der Waals surface area contributed by atoms with Crippen LogP contribution in [0.3, 0.4) is 0 Å². The second-order valence-corrected chi connectivity index (χ2v) is 1.63. The van der Waals surface area contributed by atoms with E-state index in [-0.39, 0.29) is 10.7 Å². The average Bonchev–Trinajstić information content (AvgIpc) is 1.85. The normalized spacial score (nSPS) is 9.50. The Balaban J connectivity index is 3.35. The Bertz CT molecular complexity index is 233. The standard InChI is InChI=1S/C2H5N5S/c3-1-5-2(8)7(4)6-1/h4H2,(H3,3,5,6,8). The molecule has 0 fully saturated rings. The number of anilines is 1. The van der Waals surface area contributed by atoms with Crippen molar-refractivity contribution in [1.82, 2.24) is 14.9 Å². The molecule has 44 valence electrons. The molecule has 8 heavy (non-hydrogen) atoms. The van der Waals surface area contributed by atoms with Gasteiger partial charge in [-0.1, -0.05) is 0 Å². The maximum Gasteiger partial charge on any atom is 0.237 e. The van der Waals surface area contributed by atoms with E-state index < -0.39 is 0 Å². The highest BCUT2D eigenvalue weighted by Gasteiger charge is 1.88. The number of nitrogen functional groups attached to an aromatic ring is 2. The second-order valence-electron chi connectivity index (χ2n) is 1.26. The Kier molecular flexibility index (Phi) is 0.943. The Hall–Kier alpha value is -1.04. The predicted molar refractivity (Wildman–Crippen MR) is 32.0 cm³/mol. The number of nitrogens with one attached hydrogen (secondary N) is 1. The van der Waals surface area contributed by atoms with E-state index in [1.54, 1.807) is 0 Å². The summed E-state index contributed by atoms with van der Waals surface area (Å²) in [5.41, 5.74) is 5.15. The second kappa shape index (κ2) is 1.48. The molecule has 0 aromatic carbocycles. The van der Waals surface area contributed by atoms with Gasteiger partial charge >= 0.3 is 0 Å². The molecule has 1 aromatic rings. The first kappa shape index (κ1) is 5.10. The number of nitrogens with zero attached hydrogens (tertiary/aromatic N) is 2. The minimum atomic E-state index is 0.234. The SMILES string of the molecule is Nc1nc(=S)n(N)[nH]1. The smallest absolute Gasteiger partial charge is 0.237 e. The van der Waals surface area contributed by atoms with Crippen LogP contribution in [0.2, 0.25) is 0 Å². The minimum absolute atomic E-state index is 0.234. The number of nitrogens with two attached hydrogens (primary N) is 2. The van der Waals surface area contributed by atoms with Crippen molar-refractivity contribution in [2.24, 2.45) is 0 Å². The quantitative estimate of drug-likeness (QED) is 0.319. The van der Waals surface area contributed by atoms with Crippen LogP contribution in [0.25, 0.3) is 0 Å². The Morgan fingerprint density at radius 2 is 2.38 bits per heavy atom. The van der Waals surface area contributed by atoms with E-state index in [0.29, 0.717) is 0 Å². The fourth-order valence-electron chi connectivity index (χ4n) is 0.353. The minimum Gasteiger partial charge on any atom is -0.368 e. The summed E-state index contributed by atoms with van der Waals surface area (Å²) in [6.45, 7) is 0. The van der Waals surface area contributed by atoms with Gasteiger partial charge in [0.1, 0.15) is 0 Å². The molecule has 0 saturated carbocycles. The molecule has 5 N–H and O–H groups in total. The van der Waals surface area contributed by atoms with Gasteiger partial charge in [-0.3, -0.25) is 0 Å². The van der Waals surface area contributed by atoms with Gasteiger partial charge in [0.05, 0.1) is 0 Å². The van der Waals surface area contributed by atoms with E-state index in [0.717, 1.165) is 4.79 Å². The lowest BCUT2D eigenvalue weighted by atomic mass is 11.1. The van der Waals surface area contributed by atoms with Crippen LogP contribution in [0, 0.1) is 4.77 Å². The summed E-state index contributed by atoms with van der Waals surface area (Å²) < 4.78 is 0.252. The fourth-order valence-corrected chi connectivity index (χ4v) is 0.497. The monoisotopic (exact) mass is 131 g/mol. The van der Waals surface area contributed by atoms with Crippen molar-refractivity contribution in [1.29, 1.82) is 0 Å². The molecular weight excluding hydrogens is 126 g/mol. The molecule has 0 aliphatic carbocycles. The highest BCUT2D eigenvalue weighted by molar-refractivity contribution is 7.71. The van der Waals surface area contributed by atoms with Gasteiger partial charge in [-0.15, -0.1) is 0 Å². The van der Waals surface area contributed by atoms with Gasteiger partial charge < -0.3 is 11.6 Å². The third-order valence-electron chi connectivity index (χ3n) is 0.657. The molecule has 1 heterocycles. The maximum absolute atomic E-state index is 5.16. The summed E-state index contributed by atoms with van der Waals surface area (Å²) in [6.07, 6.45) is 0. The number of rotatable bonds is 0. The van der Waals surface area contributed by atoms with E-state index in [4.69, 9.17) is 11.6 Å². The van der Waals surface area contributed by atoms with Gasteiger partial charge in [-0.2, -0.15) is 9.77 Å². The Labute approximate surface area is 50.3 Å². The average molecular weight is 131 g/mol. The van der Waals surface area contributed by atoms with Crippen LogP contribution in [0.5, 0.6) is 0 Å². The van der Waals surface area contributed by atoms with Crippen molar-refractivity contribution in [2.75, 3.05) is 11.6 Å². The summed E-state index contributed by atoms with van der Waals surface area (Å²) in [5.74, 6) is 5.39. The zero-order chi connectivity index (χ0) is 6.15. The summed E-state index contributed by atoms with van der Waals surface area (Å²) in [4.78, 5) is 4.66. The number of H-pyrrole nitrogens is 1. The third-order valence-corrected chi connectivity index (χ3v) is 0.945. The highest BCUT2D eigenvalue weighted by Crippen LogP contribution is 1.85. The molecule has 0 aliphatic heterocycles. The molecule has 0 atom stereocenters. The lowest BCUT2D eigenvalue weighted by molar-refractivity contribution is 0.821. The van der Waals surface area contributed by atoms with E-state index in [1.165, 1.54) is 0 Å². The third kappa shape index (κ3) is 0.648. The van der Waals surface area contributed by atoms with Crippen LogP contribution in [-0.4, -0.2) is 14.9 Å². The Morgan fingerprint density at radius 1 is 1.75 bits per heavy atom. The molecule has 1 rings (SSSR count). The summed E-state index contributed by atoms with van der Waals surface area (Å²) in [7, 11) is 0. The molecule has 1 aromatic heterocycles. The van der Waals surface area contributed by atoms with Crippen LogP contribution in [0.1, 0.15) is 0 Å². The van der Waals surface area contributed by atoms with Crippen molar-refractivity contribution < 1.29 is 0 Å². The molecule has 0 radical (unpaired) electrons. The van der Waals surface area contributed by atoms with Gasteiger partial charge in [0.25, 0.3) is 0 Å². The van der Waals surface area contributed by atoms with E-state index >= 15 is 0 Å². The van der Waals surface area contributed by atoms with Crippen LogP contribution in [-0.2, 0) is 0 Å². The van der Waals surface area contributed by atoms with E-state index in [9.17, 15) is 0 Å². The number of aromatic amines is 1. The van der Waals surface area contributed by atoms with E-state index in [1.807, 2.05) is 0 Å². The molecule has 0 bridgehead atoms. The number of hydrogen-bond acceptors (Lipinski definition) is 4. The molecule has 6 heteroatoms. The van der Waals surface area contributed by atoms with Gasteiger partial charge in [-0.25, -0.2) is 5.10 Å². The zero-order valence-electron chi connectivity index (χ0n) is 3.96. The lowest BCUT2D eigenvalue weighted by Gasteiger charge is -1.82. The largest absolute Gasteiger partial charge is 0.368 e. The van der Waals surface area contributed by atoms with Crippen molar-refractivity contribution in [3.05, 3.63) is 4.77 Å². The first-order chi connectivity index (χ1) is 3.70. The molecule has 0 spiro atoms. The topological polar surface area (TPSA) is 85.7 Å².